The lowest BCUT2D eigenvalue weighted by Crippen LogP contribution is -2.21. The van der Waals surface area contributed by atoms with Gasteiger partial charge in [0.1, 0.15) is 12.4 Å². The monoisotopic (exact) mass is 298 g/mol. The van der Waals surface area contributed by atoms with Crippen LogP contribution in [0.4, 0.5) is 5.69 Å². The molecular weight excluding hydrogens is 272 g/mol. The number of nitrogens with zero attached hydrogens (tertiary/aromatic N) is 2. The first-order valence-corrected chi connectivity index (χ1v) is 7.85. The number of rotatable bonds is 8. The Morgan fingerprint density at radius 2 is 1.59 bits per heavy atom. The van der Waals surface area contributed by atoms with Gasteiger partial charge in [0, 0.05) is 25.3 Å². The zero-order valence-electron chi connectivity index (χ0n) is 13.8. The predicted molar refractivity (Wildman–Crippen MR) is 93.7 cm³/mol. The Balaban J connectivity index is 1.92. The average Bonchev–Trinajstić information content (AvgIpc) is 2.54. The number of anilines is 1. The van der Waals surface area contributed by atoms with Gasteiger partial charge in [0.05, 0.1) is 0 Å². The predicted octanol–water partition coefficient (Wildman–Crippen LogP) is 3.65. The molecule has 0 aliphatic carbocycles. The summed E-state index contributed by atoms with van der Waals surface area (Å²) in [6.45, 7) is 5.74. The summed E-state index contributed by atoms with van der Waals surface area (Å²) in [6.07, 6.45) is 0. The molecule has 0 heterocycles. The van der Waals surface area contributed by atoms with E-state index in [2.05, 4.69) is 85.4 Å². The lowest BCUT2D eigenvalue weighted by atomic mass is 10.2. The maximum atomic E-state index is 5.73. The second kappa shape index (κ2) is 8.44. The van der Waals surface area contributed by atoms with Crippen LogP contribution in [0, 0.1) is 0 Å². The van der Waals surface area contributed by atoms with Crippen molar-refractivity contribution in [3.63, 3.8) is 0 Å². The maximum Gasteiger partial charge on any atom is 0.119 e. The van der Waals surface area contributed by atoms with Crippen LogP contribution in [0.25, 0.3) is 0 Å². The summed E-state index contributed by atoms with van der Waals surface area (Å²) in [5.41, 5.74) is 2.56. The molecule has 0 aliphatic heterocycles. The molecule has 0 aromatic heterocycles. The van der Waals surface area contributed by atoms with Gasteiger partial charge in [0.15, 0.2) is 0 Å². The van der Waals surface area contributed by atoms with Crippen LogP contribution in [-0.2, 0) is 6.54 Å². The molecule has 2 aromatic rings. The van der Waals surface area contributed by atoms with E-state index in [0.717, 1.165) is 32.0 Å². The molecule has 0 saturated heterocycles. The van der Waals surface area contributed by atoms with Crippen molar-refractivity contribution in [2.75, 3.05) is 38.7 Å². The topological polar surface area (TPSA) is 15.7 Å². The van der Waals surface area contributed by atoms with E-state index in [1.807, 2.05) is 0 Å². The van der Waals surface area contributed by atoms with Gasteiger partial charge in [0.25, 0.3) is 0 Å². The molecule has 22 heavy (non-hydrogen) atoms. The lowest BCUT2D eigenvalue weighted by molar-refractivity contribution is 0.261. The number of benzene rings is 2. The van der Waals surface area contributed by atoms with E-state index in [9.17, 15) is 0 Å². The molecule has 2 aromatic carbocycles. The van der Waals surface area contributed by atoms with Gasteiger partial charge in [-0.15, -0.1) is 0 Å². The molecule has 0 aliphatic rings. The van der Waals surface area contributed by atoms with Crippen molar-refractivity contribution >= 4 is 5.69 Å². The van der Waals surface area contributed by atoms with Crippen LogP contribution in [0.1, 0.15) is 12.5 Å². The Morgan fingerprint density at radius 3 is 2.18 bits per heavy atom. The number of hydrogen-bond donors (Lipinski definition) is 0. The molecule has 0 amide bonds. The number of hydrogen-bond acceptors (Lipinski definition) is 3. The molecule has 0 spiro atoms. The molecular formula is C19H26N2O. The maximum absolute atomic E-state index is 5.73. The van der Waals surface area contributed by atoms with E-state index >= 15 is 0 Å². The fraction of sp³-hybridized carbons (Fsp3) is 0.368. The summed E-state index contributed by atoms with van der Waals surface area (Å²) in [6, 6.07) is 18.9. The second-order valence-electron chi connectivity index (χ2n) is 5.65. The van der Waals surface area contributed by atoms with Gasteiger partial charge in [0.2, 0.25) is 0 Å². The van der Waals surface area contributed by atoms with Crippen LogP contribution in [-0.4, -0.2) is 38.7 Å². The van der Waals surface area contributed by atoms with Crippen molar-refractivity contribution in [2.24, 2.45) is 0 Å². The molecule has 3 nitrogen and oxygen atoms in total. The molecule has 3 heteroatoms. The number of likely N-dealkylation sites (N-methyl/N-ethyl adjacent to an activating group) is 1. The molecule has 2 rings (SSSR count). The molecule has 0 atom stereocenters. The third-order valence-electron chi connectivity index (χ3n) is 3.61. The summed E-state index contributed by atoms with van der Waals surface area (Å²) < 4.78 is 5.73. The Morgan fingerprint density at radius 1 is 0.909 bits per heavy atom. The number of ether oxygens (including phenoxy) is 1. The van der Waals surface area contributed by atoms with Gasteiger partial charge in [-0.2, -0.15) is 0 Å². The van der Waals surface area contributed by atoms with E-state index in [4.69, 9.17) is 4.74 Å². The molecule has 0 fully saturated rings. The first-order valence-electron chi connectivity index (χ1n) is 7.85. The molecule has 0 unspecified atom stereocenters. The highest BCUT2D eigenvalue weighted by Gasteiger charge is 2.05. The van der Waals surface area contributed by atoms with Gasteiger partial charge in [-0.1, -0.05) is 30.3 Å². The van der Waals surface area contributed by atoms with Gasteiger partial charge in [-0.3, -0.25) is 0 Å². The molecule has 0 N–H and O–H groups in total. The Labute approximate surface area is 134 Å². The zero-order chi connectivity index (χ0) is 15.8. The van der Waals surface area contributed by atoms with E-state index < -0.39 is 0 Å². The molecule has 0 radical (unpaired) electrons. The van der Waals surface area contributed by atoms with Crippen LogP contribution in [0.5, 0.6) is 5.75 Å². The fourth-order valence-electron chi connectivity index (χ4n) is 2.28. The fourth-order valence-corrected chi connectivity index (χ4v) is 2.28. The van der Waals surface area contributed by atoms with Crippen LogP contribution in [0.15, 0.2) is 54.6 Å². The standard InChI is InChI=1S/C19H26N2O/c1-4-21(18-8-6-5-7-9-18)16-17-10-12-19(13-11-17)22-15-14-20(2)3/h5-13H,4,14-16H2,1-3H3. The quantitative estimate of drug-likeness (QED) is 0.740. The molecule has 118 valence electrons. The Kier molecular flexibility index (Phi) is 6.28. The first kappa shape index (κ1) is 16.4. The highest BCUT2D eigenvalue weighted by atomic mass is 16.5. The highest BCUT2D eigenvalue weighted by Crippen LogP contribution is 2.18. The minimum Gasteiger partial charge on any atom is -0.492 e. The summed E-state index contributed by atoms with van der Waals surface area (Å²) in [7, 11) is 4.10. The van der Waals surface area contributed by atoms with E-state index in [1.165, 1.54) is 11.3 Å². The summed E-state index contributed by atoms with van der Waals surface area (Å²) in [5.74, 6) is 0.938. The molecule has 0 bridgehead atoms. The largest absolute Gasteiger partial charge is 0.492 e. The van der Waals surface area contributed by atoms with Gasteiger partial charge in [-0.25, -0.2) is 0 Å². The van der Waals surface area contributed by atoms with E-state index in [-0.39, 0.29) is 0 Å². The van der Waals surface area contributed by atoms with Crippen molar-refractivity contribution in [1.29, 1.82) is 0 Å². The lowest BCUT2D eigenvalue weighted by Gasteiger charge is -2.23. The normalized spacial score (nSPS) is 10.7. The SMILES string of the molecule is CCN(Cc1ccc(OCCN(C)C)cc1)c1ccccc1. The van der Waals surface area contributed by atoms with Crippen molar-refractivity contribution < 1.29 is 4.74 Å². The Hall–Kier alpha value is -2.00. The third-order valence-corrected chi connectivity index (χ3v) is 3.61. The van der Waals surface area contributed by atoms with Crippen molar-refractivity contribution in [3.8, 4) is 5.75 Å². The average molecular weight is 298 g/mol. The van der Waals surface area contributed by atoms with E-state index in [1.54, 1.807) is 0 Å². The number of para-hydroxylation sites is 1. The van der Waals surface area contributed by atoms with Gasteiger partial charge >= 0.3 is 0 Å². The van der Waals surface area contributed by atoms with Crippen molar-refractivity contribution in [1.82, 2.24) is 4.90 Å². The third kappa shape index (κ3) is 5.08. The minimum atomic E-state index is 0.720. The van der Waals surface area contributed by atoms with Crippen LogP contribution < -0.4 is 9.64 Å². The van der Waals surface area contributed by atoms with E-state index in [0.29, 0.717) is 0 Å². The van der Waals surface area contributed by atoms with Gasteiger partial charge < -0.3 is 14.5 Å². The van der Waals surface area contributed by atoms with Crippen molar-refractivity contribution in [3.05, 3.63) is 60.2 Å². The first-order chi connectivity index (χ1) is 10.7. The smallest absolute Gasteiger partial charge is 0.119 e. The summed E-state index contributed by atoms with van der Waals surface area (Å²) in [4.78, 5) is 4.48. The summed E-state index contributed by atoms with van der Waals surface area (Å²) >= 11 is 0. The molecule has 0 saturated carbocycles. The zero-order valence-corrected chi connectivity index (χ0v) is 13.8. The highest BCUT2D eigenvalue weighted by molar-refractivity contribution is 5.46. The van der Waals surface area contributed by atoms with Crippen molar-refractivity contribution in [2.45, 2.75) is 13.5 Å². The summed E-state index contributed by atoms with van der Waals surface area (Å²) in [5, 5.41) is 0. The second-order valence-corrected chi connectivity index (χ2v) is 5.65. The van der Waals surface area contributed by atoms with Crippen LogP contribution >= 0.6 is 0 Å². The van der Waals surface area contributed by atoms with Crippen LogP contribution in [0.3, 0.4) is 0 Å². The van der Waals surface area contributed by atoms with Crippen LogP contribution in [0.2, 0.25) is 0 Å². The Bertz CT molecular complexity index is 537. The minimum absolute atomic E-state index is 0.720. The van der Waals surface area contributed by atoms with Gasteiger partial charge in [-0.05, 0) is 50.8 Å².